The van der Waals surface area contributed by atoms with E-state index in [0.717, 1.165) is 0 Å². The molecule has 2 unspecified atom stereocenters. The summed E-state index contributed by atoms with van der Waals surface area (Å²) < 4.78 is 32.4. The fourth-order valence-corrected chi connectivity index (χ4v) is 3.32. The van der Waals surface area contributed by atoms with Gasteiger partial charge in [0.05, 0.1) is 31.9 Å². The SMILES string of the molecule is CCOP(=O)(CC(C)C(=O)OCC1CO1)OCC. The first-order valence-corrected chi connectivity index (χ1v) is 7.90. The van der Waals surface area contributed by atoms with Crippen molar-refractivity contribution in [3.8, 4) is 0 Å². The van der Waals surface area contributed by atoms with Crippen molar-refractivity contribution in [2.45, 2.75) is 26.9 Å². The zero-order chi connectivity index (χ0) is 13.6. The van der Waals surface area contributed by atoms with Crippen molar-refractivity contribution in [2.75, 3.05) is 32.6 Å². The van der Waals surface area contributed by atoms with Crippen LogP contribution in [0.5, 0.6) is 0 Å². The molecule has 1 aliphatic heterocycles. The minimum atomic E-state index is -3.19. The first kappa shape index (κ1) is 15.6. The molecule has 1 rings (SSSR count). The Morgan fingerprint density at radius 3 is 2.39 bits per heavy atom. The summed E-state index contributed by atoms with van der Waals surface area (Å²) in [6.07, 6.45) is 0.0747. The Morgan fingerprint density at radius 2 is 1.94 bits per heavy atom. The second kappa shape index (κ2) is 7.24. The highest BCUT2D eigenvalue weighted by Crippen LogP contribution is 2.49. The third-order valence-corrected chi connectivity index (χ3v) is 4.66. The van der Waals surface area contributed by atoms with Gasteiger partial charge in [0, 0.05) is 0 Å². The second-order valence-electron chi connectivity index (χ2n) is 4.12. The topological polar surface area (TPSA) is 74.4 Å². The first-order chi connectivity index (χ1) is 8.50. The summed E-state index contributed by atoms with van der Waals surface area (Å²) in [4.78, 5) is 11.7. The molecule has 2 atom stereocenters. The molecule has 0 radical (unpaired) electrons. The highest BCUT2D eigenvalue weighted by Gasteiger charge is 2.32. The lowest BCUT2D eigenvalue weighted by molar-refractivity contribution is -0.147. The summed E-state index contributed by atoms with van der Waals surface area (Å²) in [5, 5.41) is 0. The Morgan fingerprint density at radius 1 is 1.39 bits per heavy atom. The van der Waals surface area contributed by atoms with Crippen LogP contribution in [-0.2, 0) is 27.9 Å². The summed E-state index contributed by atoms with van der Waals surface area (Å²) >= 11 is 0. The number of hydrogen-bond acceptors (Lipinski definition) is 6. The maximum atomic E-state index is 12.2. The predicted molar refractivity (Wildman–Crippen MR) is 65.6 cm³/mol. The van der Waals surface area contributed by atoms with Crippen LogP contribution in [0.1, 0.15) is 20.8 Å². The minimum Gasteiger partial charge on any atom is -0.463 e. The number of ether oxygens (including phenoxy) is 2. The zero-order valence-corrected chi connectivity index (χ0v) is 12.0. The molecule has 18 heavy (non-hydrogen) atoms. The van der Waals surface area contributed by atoms with E-state index in [4.69, 9.17) is 18.5 Å². The average molecular weight is 280 g/mol. The van der Waals surface area contributed by atoms with Crippen molar-refractivity contribution < 1.29 is 27.9 Å². The van der Waals surface area contributed by atoms with Gasteiger partial charge in [0.15, 0.2) is 0 Å². The fraction of sp³-hybridized carbons (Fsp3) is 0.909. The Kier molecular flexibility index (Phi) is 6.29. The molecular formula is C11H21O6P. The van der Waals surface area contributed by atoms with Gasteiger partial charge in [0.25, 0.3) is 0 Å². The molecular weight excluding hydrogens is 259 g/mol. The van der Waals surface area contributed by atoms with Crippen molar-refractivity contribution >= 4 is 13.6 Å². The molecule has 6 nitrogen and oxygen atoms in total. The molecule has 1 aliphatic rings. The van der Waals surface area contributed by atoms with E-state index >= 15 is 0 Å². The van der Waals surface area contributed by atoms with E-state index in [1.54, 1.807) is 20.8 Å². The molecule has 0 aromatic carbocycles. The molecule has 0 aliphatic carbocycles. The summed E-state index contributed by atoms with van der Waals surface area (Å²) in [6.45, 7) is 6.59. The molecule has 1 fully saturated rings. The molecule has 0 N–H and O–H groups in total. The van der Waals surface area contributed by atoms with Crippen LogP contribution >= 0.6 is 7.60 Å². The lowest BCUT2D eigenvalue weighted by Crippen LogP contribution is -2.21. The monoisotopic (exact) mass is 280 g/mol. The van der Waals surface area contributed by atoms with Gasteiger partial charge in [-0.15, -0.1) is 0 Å². The molecule has 0 amide bonds. The molecule has 1 heterocycles. The molecule has 7 heteroatoms. The van der Waals surface area contributed by atoms with Gasteiger partial charge in [-0.25, -0.2) is 0 Å². The van der Waals surface area contributed by atoms with Crippen LogP contribution in [-0.4, -0.2) is 44.7 Å². The third-order valence-electron chi connectivity index (χ3n) is 2.37. The highest BCUT2D eigenvalue weighted by atomic mass is 31.2. The number of carbonyl (C=O) groups excluding carboxylic acids is 1. The molecule has 0 aromatic heterocycles. The van der Waals surface area contributed by atoms with Gasteiger partial charge in [-0.2, -0.15) is 0 Å². The number of carbonyl (C=O) groups is 1. The van der Waals surface area contributed by atoms with E-state index in [1.165, 1.54) is 0 Å². The van der Waals surface area contributed by atoms with Crippen molar-refractivity contribution in [1.82, 2.24) is 0 Å². The van der Waals surface area contributed by atoms with Crippen LogP contribution in [0.2, 0.25) is 0 Å². The maximum absolute atomic E-state index is 12.2. The largest absolute Gasteiger partial charge is 0.463 e. The summed E-state index contributed by atoms with van der Waals surface area (Å²) in [6, 6.07) is 0. The zero-order valence-electron chi connectivity index (χ0n) is 11.1. The number of esters is 1. The number of epoxide rings is 1. The van der Waals surface area contributed by atoms with E-state index in [1.807, 2.05) is 0 Å². The summed E-state index contributed by atoms with van der Waals surface area (Å²) in [5.74, 6) is -0.919. The molecule has 0 saturated carbocycles. The first-order valence-electron chi connectivity index (χ1n) is 6.17. The van der Waals surface area contributed by atoms with Gasteiger partial charge in [-0.1, -0.05) is 6.92 Å². The summed E-state index contributed by atoms with van der Waals surface area (Å²) in [5.41, 5.74) is 0. The molecule has 1 saturated heterocycles. The lowest BCUT2D eigenvalue weighted by Gasteiger charge is -2.19. The van der Waals surface area contributed by atoms with E-state index in [2.05, 4.69) is 0 Å². The van der Waals surface area contributed by atoms with Gasteiger partial charge in [0.1, 0.15) is 12.7 Å². The minimum absolute atomic E-state index is 0.0340. The van der Waals surface area contributed by atoms with Gasteiger partial charge in [-0.3, -0.25) is 9.36 Å². The van der Waals surface area contributed by atoms with Crippen molar-refractivity contribution in [2.24, 2.45) is 5.92 Å². The van der Waals surface area contributed by atoms with Gasteiger partial charge < -0.3 is 18.5 Å². The van der Waals surface area contributed by atoms with E-state index in [0.29, 0.717) is 6.61 Å². The smallest absolute Gasteiger partial charge is 0.331 e. The molecule has 106 valence electrons. The maximum Gasteiger partial charge on any atom is 0.331 e. The van der Waals surface area contributed by atoms with Crippen LogP contribution in [0.4, 0.5) is 0 Å². The number of rotatable bonds is 9. The van der Waals surface area contributed by atoms with Crippen molar-refractivity contribution in [3.63, 3.8) is 0 Å². The summed E-state index contributed by atoms with van der Waals surface area (Å²) in [7, 11) is -3.19. The predicted octanol–water partition coefficient (Wildman–Crippen LogP) is 1.83. The van der Waals surface area contributed by atoms with Crippen LogP contribution in [0, 0.1) is 5.92 Å². The Hall–Kier alpha value is -0.420. The Balaban J connectivity index is 2.40. The van der Waals surface area contributed by atoms with Crippen molar-refractivity contribution in [1.29, 1.82) is 0 Å². The Labute approximate surface area is 107 Å². The quantitative estimate of drug-likeness (QED) is 0.364. The fourth-order valence-electron chi connectivity index (χ4n) is 1.43. The highest BCUT2D eigenvalue weighted by molar-refractivity contribution is 7.53. The van der Waals surface area contributed by atoms with Gasteiger partial charge >= 0.3 is 13.6 Å². The van der Waals surface area contributed by atoms with E-state index < -0.39 is 19.5 Å². The third kappa shape index (κ3) is 5.48. The molecule has 0 aromatic rings. The lowest BCUT2D eigenvalue weighted by atomic mass is 10.2. The second-order valence-corrected chi connectivity index (χ2v) is 6.22. The van der Waals surface area contributed by atoms with E-state index in [9.17, 15) is 9.36 Å². The number of hydrogen-bond donors (Lipinski definition) is 0. The van der Waals surface area contributed by atoms with E-state index in [-0.39, 0.29) is 32.1 Å². The molecule has 0 bridgehead atoms. The van der Waals surface area contributed by atoms with Gasteiger partial charge in [-0.05, 0) is 13.8 Å². The molecule has 0 spiro atoms. The average Bonchev–Trinajstić information content (AvgIpc) is 3.09. The van der Waals surface area contributed by atoms with Crippen LogP contribution < -0.4 is 0 Å². The van der Waals surface area contributed by atoms with Crippen molar-refractivity contribution in [3.05, 3.63) is 0 Å². The normalized spacial score (nSPS) is 20.5. The Bertz CT molecular complexity index is 305. The standard InChI is InChI=1S/C11H21O6P/c1-4-16-18(13,17-5-2)8-9(3)11(12)15-7-10-6-14-10/h9-10H,4-8H2,1-3H3. The van der Waals surface area contributed by atoms with Gasteiger partial charge in [0.2, 0.25) is 0 Å². The van der Waals surface area contributed by atoms with Crippen LogP contribution in [0.3, 0.4) is 0 Å². The van der Waals surface area contributed by atoms with Crippen LogP contribution in [0.25, 0.3) is 0 Å². The van der Waals surface area contributed by atoms with Crippen LogP contribution in [0.15, 0.2) is 0 Å².